The van der Waals surface area contributed by atoms with Crippen LogP contribution in [0.2, 0.25) is 5.02 Å². The Labute approximate surface area is 142 Å². The van der Waals surface area contributed by atoms with Crippen molar-refractivity contribution in [1.82, 2.24) is 4.72 Å². The highest BCUT2D eigenvalue weighted by molar-refractivity contribution is 7.89. The first-order valence-corrected chi connectivity index (χ1v) is 9.16. The van der Waals surface area contributed by atoms with Crippen LogP contribution in [0.4, 0.5) is 0 Å². The molecule has 124 valence electrons. The fourth-order valence-corrected chi connectivity index (χ4v) is 3.91. The van der Waals surface area contributed by atoms with Crippen LogP contribution < -0.4 is 9.46 Å². The lowest BCUT2D eigenvalue weighted by Gasteiger charge is -2.18. The molecule has 1 N–H and O–H groups in total. The Morgan fingerprint density at radius 3 is 2.35 bits per heavy atom. The summed E-state index contributed by atoms with van der Waals surface area (Å²) in [5.41, 5.74) is 2.06. The number of ether oxygens (including phenoxy) is 1. The molecule has 2 rings (SSSR count). The summed E-state index contributed by atoms with van der Waals surface area (Å²) in [6.07, 6.45) is 0.645. The molecular formula is C17H20ClNO3S. The molecule has 0 heterocycles. The molecule has 0 aliphatic rings. The second-order valence-corrected chi connectivity index (χ2v) is 7.41. The smallest absolute Gasteiger partial charge is 0.241 e. The lowest BCUT2D eigenvalue weighted by molar-refractivity contribution is 0.414. The number of methoxy groups -OCH3 is 1. The molecule has 6 heteroatoms. The summed E-state index contributed by atoms with van der Waals surface area (Å²) >= 11 is 6.02. The maximum atomic E-state index is 12.6. The molecule has 2 aromatic carbocycles. The van der Waals surface area contributed by atoms with E-state index in [1.807, 2.05) is 38.1 Å². The monoisotopic (exact) mass is 353 g/mol. The minimum absolute atomic E-state index is 0.119. The van der Waals surface area contributed by atoms with Crippen LogP contribution in [0.1, 0.15) is 30.5 Å². The van der Waals surface area contributed by atoms with E-state index in [4.69, 9.17) is 16.3 Å². The van der Waals surface area contributed by atoms with Crippen molar-refractivity contribution >= 4 is 21.6 Å². The number of nitrogens with one attached hydrogen (secondary N) is 1. The summed E-state index contributed by atoms with van der Waals surface area (Å²) < 4.78 is 32.9. The van der Waals surface area contributed by atoms with E-state index in [-0.39, 0.29) is 16.0 Å². The highest BCUT2D eigenvalue weighted by Crippen LogP contribution is 2.28. The summed E-state index contributed by atoms with van der Waals surface area (Å²) in [6, 6.07) is 11.9. The van der Waals surface area contributed by atoms with Gasteiger partial charge in [0.15, 0.2) is 0 Å². The normalized spacial score (nSPS) is 12.9. The summed E-state index contributed by atoms with van der Waals surface area (Å²) in [6.45, 7) is 3.93. The predicted octanol–water partition coefficient (Wildman–Crippen LogP) is 4.09. The molecule has 1 unspecified atom stereocenters. The highest BCUT2D eigenvalue weighted by Gasteiger charge is 2.21. The molecule has 0 radical (unpaired) electrons. The third kappa shape index (κ3) is 4.25. The minimum atomic E-state index is -3.67. The molecule has 4 nitrogen and oxygen atoms in total. The molecule has 0 aliphatic carbocycles. The van der Waals surface area contributed by atoms with Crippen molar-refractivity contribution in [2.75, 3.05) is 7.11 Å². The summed E-state index contributed by atoms with van der Waals surface area (Å²) in [5, 5.41) is 0.263. The van der Waals surface area contributed by atoms with Gasteiger partial charge in [0.25, 0.3) is 0 Å². The number of sulfonamides is 1. The van der Waals surface area contributed by atoms with Gasteiger partial charge in [0, 0.05) is 6.04 Å². The Bertz CT molecular complexity index is 773. The Morgan fingerprint density at radius 1 is 1.17 bits per heavy atom. The van der Waals surface area contributed by atoms with Crippen LogP contribution in [-0.4, -0.2) is 15.5 Å². The van der Waals surface area contributed by atoms with Crippen molar-refractivity contribution in [2.45, 2.75) is 31.2 Å². The Kier molecular flexibility index (Phi) is 5.68. The lowest BCUT2D eigenvalue weighted by Crippen LogP contribution is -2.28. The van der Waals surface area contributed by atoms with E-state index in [0.29, 0.717) is 12.2 Å². The summed E-state index contributed by atoms with van der Waals surface area (Å²) in [7, 11) is -2.18. The molecule has 1 atom stereocenters. The van der Waals surface area contributed by atoms with E-state index in [1.54, 1.807) is 6.07 Å². The van der Waals surface area contributed by atoms with E-state index in [2.05, 4.69) is 4.72 Å². The van der Waals surface area contributed by atoms with Crippen LogP contribution in [0.25, 0.3) is 0 Å². The first-order valence-electron chi connectivity index (χ1n) is 7.30. The molecule has 0 bridgehead atoms. The zero-order valence-corrected chi connectivity index (χ0v) is 14.9. The van der Waals surface area contributed by atoms with Crippen molar-refractivity contribution in [3.8, 4) is 5.75 Å². The maximum absolute atomic E-state index is 12.6. The average molecular weight is 354 g/mol. The molecule has 0 amide bonds. The van der Waals surface area contributed by atoms with Gasteiger partial charge in [-0.2, -0.15) is 0 Å². The largest absolute Gasteiger partial charge is 0.495 e. The first-order chi connectivity index (χ1) is 10.9. The molecule has 0 aromatic heterocycles. The molecule has 0 saturated carbocycles. The number of hydrogen-bond acceptors (Lipinski definition) is 3. The topological polar surface area (TPSA) is 55.4 Å². The van der Waals surface area contributed by atoms with Crippen LogP contribution in [0.3, 0.4) is 0 Å². The van der Waals surface area contributed by atoms with Crippen LogP contribution in [0, 0.1) is 6.92 Å². The van der Waals surface area contributed by atoms with Gasteiger partial charge < -0.3 is 4.74 Å². The Hall–Kier alpha value is -1.56. The van der Waals surface area contributed by atoms with Crippen molar-refractivity contribution in [1.29, 1.82) is 0 Å². The van der Waals surface area contributed by atoms with Gasteiger partial charge in [0.1, 0.15) is 5.75 Å². The first kappa shape index (κ1) is 17.8. The van der Waals surface area contributed by atoms with Gasteiger partial charge in [-0.05, 0) is 37.1 Å². The van der Waals surface area contributed by atoms with E-state index in [1.165, 1.54) is 19.2 Å². The number of rotatable bonds is 6. The van der Waals surface area contributed by atoms with Crippen molar-refractivity contribution in [3.05, 3.63) is 58.6 Å². The Morgan fingerprint density at radius 2 is 1.83 bits per heavy atom. The molecule has 0 saturated heterocycles. The maximum Gasteiger partial charge on any atom is 0.241 e. The average Bonchev–Trinajstić information content (AvgIpc) is 2.53. The lowest BCUT2D eigenvalue weighted by atomic mass is 10.0. The molecule has 2 aromatic rings. The fraction of sp³-hybridized carbons (Fsp3) is 0.294. The van der Waals surface area contributed by atoms with Gasteiger partial charge in [-0.3, -0.25) is 0 Å². The van der Waals surface area contributed by atoms with E-state index >= 15 is 0 Å². The third-order valence-electron chi connectivity index (χ3n) is 3.62. The van der Waals surface area contributed by atoms with Gasteiger partial charge in [-0.25, -0.2) is 13.1 Å². The van der Waals surface area contributed by atoms with Crippen molar-refractivity contribution in [3.63, 3.8) is 0 Å². The van der Waals surface area contributed by atoms with E-state index in [9.17, 15) is 8.42 Å². The zero-order chi connectivity index (χ0) is 17.0. The molecule has 0 aliphatic heterocycles. The van der Waals surface area contributed by atoms with Gasteiger partial charge in [0.2, 0.25) is 10.0 Å². The van der Waals surface area contributed by atoms with Gasteiger partial charge in [0.05, 0.1) is 17.0 Å². The number of halogens is 1. The number of hydrogen-bond donors (Lipinski definition) is 1. The zero-order valence-electron chi connectivity index (χ0n) is 13.3. The molecule has 0 spiro atoms. The quantitative estimate of drug-likeness (QED) is 0.851. The SMILES string of the molecule is CCC(NS(=O)(=O)c1ccc(OC)c(Cl)c1)c1ccc(C)cc1. The van der Waals surface area contributed by atoms with Gasteiger partial charge >= 0.3 is 0 Å². The molecular weight excluding hydrogens is 334 g/mol. The van der Waals surface area contributed by atoms with Crippen molar-refractivity contribution < 1.29 is 13.2 Å². The third-order valence-corrected chi connectivity index (χ3v) is 5.38. The second-order valence-electron chi connectivity index (χ2n) is 5.29. The summed E-state index contributed by atoms with van der Waals surface area (Å²) in [4.78, 5) is 0.119. The highest BCUT2D eigenvalue weighted by atomic mass is 35.5. The fourth-order valence-electron chi connectivity index (χ4n) is 2.26. The van der Waals surface area contributed by atoms with Crippen LogP contribution in [0.15, 0.2) is 47.4 Å². The minimum Gasteiger partial charge on any atom is -0.495 e. The van der Waals surface area contributed by atoms with Gasteiger partial charge in [-0.15, -0.1) is 0 Å². The van der Waals surface area contributed by atoms with Crippen LogP contribution in [-0.2, 0) is 10.0 Å². The Balaban J connectivity index is 2.28. The standard InChI is InChI=1S/C17H20ClNO3S/c1-4-16(13-7-5-12(2)6-8-13)19-23(20,21)14-9-10-17(22-3)15(18)11-14/h5-11,16,19H,4H2,1-3H3. The van der Waals surface area contributed by atoms with Gasteiger partial charge in [-0.1, -0.05) is 48.4 Å². The molecule has 23 heavy (non-hydrogen) atoms. The van der Waals surface area contributed by atoms with E-state index < -0.39 is 10.0 Å². The second kappa shape index (κ2) is 7.34. The number of aryl methyl sites for hydroxylation is 1. The predicted molar refractivity (Wildman–Crippen MR) is 92.5 cm³/mol. The summed E-state index contributed by atoms with van der Waals surface area (Å²) in [5.74, 6) is 0.441. The van der Waals surface area contributed by atoms with E-state index in [0.717, 1.165) is 11.1 Å². The van der Waals surface area contributed by atoms with Crippen LogP contribution in [0.5, 0.6) is 5.75 Å². The number of benzene rings is 2. The van der Waals surface area contributed by atoms with Crippen LogP contribution >= 0.6 is 11.6 Å². The van der Waals surface area contributed by atoms with Crippen molar-refractivity contribution in [2.24, 2.45) is 0 Å². The molecule has 0 fully saturated rings.